The first-order valence-corrected chi connectivity index (χ1v) is 16.3. The number of hydrogen-bond acceptors (Lipinski definition) is 10. The fraction of sp³-hybridized carbons (Fsp3) is 0.310. The summed E-state index contributed by atoms with van der Waals surface area (Å²) in [6.07, 6.45) is 10.5. The van der Waals surface area contributed by atoms with Crippen LogP contribution in [-0.4, -0.2) is 76.8 Å². The van der Waals surface area contributed by atoms with Crippen LogP contribution in [0.2, 0.25) is 10.3 Å². The second-order valence-corrected chi connectivity index (χ2v) is 12.1. The number of carbonyl (C=O) groups is 4. The van der Waals surface area contributed by atoms with Gasteiger partial charge in [0.15, 0.2) is 20.5 Å². The molecule has 0 saturated carbocycles. The lowest BCUT2D eigenvalue weighted by molar-refractivity contribution is -0.118. The fourth-order valence-electron chi connectivity index (χ4n) is 3.60. The number of pyridine rings is 2. The van der Waals surface area contributed by atoms with Crippen molar-refractivity contribution in [3.63, 3.8) is 0 Å². The highest BCUT2D eigenvalue weighted by molar-refractivity contribution is 8.13. The molecule has 0 unspecified atom stereocenters. The average Bonchev–Trinajstić information content (AvgIpc) is 3.60. The Labute approximate surface area is 285 Å². The zero-order chi connectivity index (χ0) is 34.8. The van der Waals surface area contributed by atoms with Gasteiger partial charge in [0.2, 0.25) is 11.8 Å². The van der Waals surface area contributed by atoms with Crippen molar-refractivity contribution in [2.75, 3.05) is 35.4 Å². The molecule has 0 radical (unpaired) electrons. The molecule has 0 aliphatic heterocycles. The monoisotopic (exact) mass is 711 g/mol. The number of aromatic nitrogens is 6. The third-order valence-electron chi connectivity index (χ3n) is 5.58. The van der Waals surface area contributed by atoms with Gasteiger partial charge in [-0.3, -0.25) is 33.5 Å². The van der Waals surface area contributed by atoms with E-state index >= 15 is 0 Å². The topological polar surface area (TPSA) is 145 Å². The van der Waals surface area contributed by atoms with E-state index < -0.39 is 7.15 Å². The van der Waals surface area contributed by atoms with Crippen molar-refractivity contribution in [1.82, 2.24) is 29.5 Å². The van der Waals surface area contributed by atoms with E-state index in [-0.39, 0.29) is 45.2 Å². The molecule has 0 atom stereocenters. The normalized spacial score (nSPS) is 10.4. The fourth-order valence-corrected chi connectivity index (χ4v) is 5.15. The summed E-state index contributed by atoms with van der Waals surface area (Å²) in [5, 5.41) is 11.5. The van der Waals surface area contributed by atoms with Gasteiger partial charge in [0, 0.05) is 57.1 Å². The lowest BCUT2D eigenvalue weighted by Gasteiger charge is -2.19. The zero-order valence-corrected chi connectivity index (χ0v) is 28.4. The summed E-state index contributed by atoms with van der Waals surface area (Å²) in [5.74, 6) is 0.597. The molecule has 17 heteroatoms. The van der Waals surface area contributed by atoms with E-state index in [2.05, 4.69) is 25.5 Å². The maximum absolute atomic E-state index is 12.3. The molecule has 4 rings (SSSR count). The minimum Gasteiger partial charge on any atom is -0.322 e. The van der Waals surface area contributed by atoms with Gasteiger partial charge in [-0.15, -0.1) is 0 Å². The molecule has 246 valence electrons. The van der Waals surface area contributed by atoms with E-state index in [0.717, 1.165) is 34.9 Å². The molecule has 4 aromatic rings. The molecule has 46 heavy (non-hydrogen) atoms. The average molecular weight is 713 g/mol. The minimum atomic E-state index is -1.00. The predicted molar refractivity (Wildman–Crippen MR) is 182 cm³/mol. The van der Waals surface area contributed by atoms with Crippen molar-refractivity contribution in [2.45, 2.75) is 33.6 Å². The van der Waals surface area contributed by atoms with E-state index in [1.165, 1.54) is 18.5 Å². The molecule has 12 nitrogen and oxygen atoms in total. The van der Waals surface area contributed by atoms with E-state index in [1.807, 2.05) is 19.1 Å². The first-order chi connectivity index (χ1) is 22.5. The van der Waals surface area contributed by atoms with Crippen LogP contribution in [0.25, 0.3) is 11.4 Å². The van der Waals surface area contributed by atoms with Crippen LogP contribution in [0, 0.1) is 0 Å². The van der Waals surface area contributed by atoms with Crippen LogP contribution in [0.15, 0.2) is 61.4 Å². The molecule has 0 bridgehead atoms. The van der Waals surface area contributed by atoms with Crippen LogP contribution >= 0.6 is 46.7 Å². The lowest BCUT2D eigenvalue weighted by atomic mass is 10.3. The van der Waals surface area contributed by atoms with Gasteiger partial charge in [-0.2, -0.15) is 10.2 Å². The number of carbonyl (C=O) groups excluding carboxylic acids is 4. The molecule has 0 aromatic carbocycles. The van der Waals surface area contributed by atoms with Gasteiger partial charge in [0.05, 0.1) is 50.4 Å². The Kier molecular flexibility index (Phi) is 16.2. The quantitative estimate of drug-likeness (QED) is 0.195. The summed E-state index contributed by atoms with van der Waals surface area (Å²) >= 11 is 14.4. The highest BCUT2D eigenvalue weighted by Crippen LogP contribution is 2.27. The van der Waals surface area contributed by atoms with Crippen molar-refractivity contribution < 1.29 is 24.9 Å². The summed E-state index contributed by atoms with van der Waals surface area (Å²) in [6, 6.07) is 7.25. The van der Waals surface area contributed by atoms with E-state index in [4.69, 9.17) is 24.6 Å². The maximum atomic E-state index is 12.3. The largest absolute Gasteiger partial charge is 0.322 e. The smallest absolute Gasteiger partial charge is 0.227 e. The number of alkyl halides is 1. The van der Waals surface area contributed by atoms with Crippen LogP contribution < -0.4 is 10.2 Å². The van der Waals surface area contributed by atoms with Gasteiger partial charge in [-0.1, -0.05) is 46.7 Å². The molecule has 0 spiro atoms. The third-order valence-corrected chi connectivity index (χ3v) is 7.76. The molecule has 1 N–H and O–H groups in total. The Morgan fingerprint density at radius 3 is 1.93 bits per heavy atom. The Morgan fingerprint density at radius 2 is 1.43 bits per heavy atom. The van der Waals surface area contributed by atoms with Crippen molar-refractivity contribution in [3.05, 3.63) is 71.8 Å². The molecule has 4 heterocycles. The summed E-state index contributed by atoms with van der Waals surface area (Å²) < 4.78 is 18.6. The van der Waals surface area contributed by atoms with Gasteiger partial charge >= 0.3 is 0 Å². The number of thioether (sulfide) groups is 2. The number of hydrogen-bond donors (Lipinski definition) is 1. The Balaban J connectivity index is 0.000000303. The minimum absolute atomic E-state index is 0.00304. The molecular formula is C29H33Cl2FN8O4S2. The standard InChI is InChI=1S/C15H17ClN4O2S.C13H13ClN4O2S.CH3F/c1-3-19(14(22)6-8-23-11(2)21)13-10-20(18-15(13)16)12-5-4-7-17-9-12;1-9(19)21-6-4-12(20)16-11-8-18(17-13(11)14)10-3-2-5-15-7-10;1-2/h4-5,7,9-10H,3,6,8H2,1-2H3;2-3,5,7-8H,4,6H2,1H3,(H,16,20);1H3/i;;1D. The maximum Gasteiger partial charge on any atom is 0.227 e. The predicted octanol–water partition coefficient (Wildman–Crippen LogP) is 6.06. The summed E-state index contributed by atoms with van der Waals surface area (Å²) in [6.45, 7) is 5.30. The number of nitrogens with one attached hydrogen (secondary N) is 1. The molecule has 0 saturated heterocycles. The molecule has 4 aromatic heterocycles. The van der Waals surface area contributed by atoms with Gasteiger partial charge in [-0.25, -0.2) is 9.36 Å². The van der Waals surface area contributed by atoms with E-state index in [0.29, 0.717) is 29.4 Å². The van der Waals surface area contributed by atoms with Gasteiger partial charge in [0.25, 0.3) is 0 Å². The summed E-state index contributed by atoms with van der Waals surface area (Å²) in [5.41, 5.74) is 2.48. The SMILES string of the molecule is CC(=O)SCCC(=O)Nc1cn(-c2cccnc2)nc1Cl.CCN(C(=O)CCSC(C)=O)c1cn(-c2cccnc2)nc1Cl.[2H]CF. The molecule has 0 fully saturated rings. The van der Waals surface area contributed by atoms with Crippen LogP contribution in [0.3, 0.4) is 0 Å². The third kappa shape index (κ3) is 12.5. The highest BCUT2D eigenvalue weighted by atomic mass is 35.5. The van der Waals surface area contributed by atoms with Crippen molar-refractivity contribution in [1.29, 1.82) is 0 Å². The highest BCUT2D eigenvalue weighted by Gasteiger charge is 2.20. The van der Waals surface area contributed by atoms with Crippen LogP contribution in [-0.2, 0) is 19.2 Å². The Bertz CT molecular complexity index is 1600. The molecule has 2 amide bonds. The van der Waals surface area contributed by atoms with E-state index in [9.17, 15) is 23.6 Å². The molecule has 0 aliphatic rings. The summed E-state index contributed by atoms with van der Waals surface area (Å²) in [7, 11) is -1.00. The van der Waals surface area contributed by atoms with Crippen molar-refractivity contribution >= 4 is 80.1 Å². The van der Waals surface area contributed by atoms with Gasteiger partial charge < -0.3 is 10.2 Å². The number of amides is 2. The molecular weight excluding hydrogens is 678 g/mol. The van der Waals surface area contributed by atoms with Crippen LogP contribution in [0.5, 0.6) is 0 Å². The lowest BCUT2D eigenvalue weighted by Crippen LogP contribution is -2.30. The second-order valence-electron chi connectivity index (χ2n) is 8.82. The number of rotatable bonds is 11. The Hall–Kier alpha value is -3.79. The van der Waals surface area contributed by atoms with Crippen molar-refractivity contribution in [3.8, 4) is 11.4 Å². The first-order valence-electron chi connectivity index (χ1n) is 14.2. The van der Waals surface area contributed by atoms with Gasteiger partial charge in [-0.05, 0) is 31.2 Å². The Morgan fingerprint density at radius 1 is 0.913 bits per heavy atom. The molecule has 0 aliphatic carbocycles. The second kappa shape index (κ2) is 20.4. The van der Waals surface area contributed by atoms with Crippen LogP contribution in [0.1, 0.15) is 35.0 Å². The van der Waals surface area contributed by atoms with Crippen LogP contribution in [0.4, 0.5) is 15.8 Å². The number of anilines is 2. The zero-order valence-electron chi connectivity index (χ0n) is 26.2. The first kappa shape index (κ1) is 36.7. The number of halogens is 3. The van der Waals surface area contributed by atoms with Gasteiger partial charge in [0.1, 0.15) is 5.69 Å². The number of nitrogens with zero attached hydrogens (tertiary/aromatic N) is 7. The van der Waals surface area contributed by atoms with Crippen molar-refractivity contribution in [2.24, 2.45) is 0 Å². The van der Waals surface area contributed by atoms with E-state index in [1.54, 1.807) is 58.9 Å². The summed E-state index contributed by atoms with van der Waals surface area (Å²) in [4.78, 5) is 55.4.